The molecule has 0 heterocycles. The quantitative estimate of drug-likeness (QED) is 0.708. The Bertz CT molecular complexity index is 879. The summed E-state index contributed by atoms with van der Waals surface area (Å²) in [7, 11) is -0.656. The molecule has 0 saturated heterocycles. The lowest BCUT2D eigenvalue weighted by molar-refractivity contribution is 0.0842. The molecule has 2 aromatic rings. The number of aliphatic hydroxyl groups excluding tert-OH is 1. The second-order valence-electron chi connectivity index (χ2n) is 6.25. The molecular formula is C19H24N2O5S. The van der Waals surface area contributed by atoms with E-state index in [0.717, 1.165) is 9.87 Å². The van der Waals surface area contributed by atoms with E-state index in [9.17, 15) is 18.3 Å². The number of hydrogen-bond acceptors (Lipinski definition) is 5. The number of rotatable bonds is 8. The van der Waals surface area contributed by atoms with Crippen molar-refractivity contribution in [1.29, 1.82) is 0 Å². The number of nitrogens with one attached hydrogen (secondary N) is 1. The van der Waals surface area contributed by atoms with E-state index in [1.165, 1.54) is 38.4 Å². The van der Waals surface area contributed by atoms with Crippen molar-refractivity contribution in [3.05, 3.63) is 59.7 Å². The molecule has 146 valence electrons. The van der Waals surface area contributed by atoms with Crippen LogP contribution in [0.2, 0.25) is 0 Å². The van der Waals surface area contributed by atoms with Crippen LogP contribution < -0.4 is 10.1 Å². The van der Waals surface area contributed by atoms with Gasteiger partial charge in [-0.3, -0.25) is 4.79 Å². The number of carbonyl (C=O) groups excluding carboxylic acids is 1. The Morgan fingerprint density at radius 2 is 1.78 bits per heavy atom. The van der Waals surface area contributed by atoms with Crippen LogP contribution in [0, 0.1) is 6.92 Å². The van der Waals surface area contributed by atoms with Gasteiger partial charge in [0, 0.05) is 26.2 Å². The Balaban J connectivity index is 1.87. The van der Waals surface area contributed by atoms with E-state index >= 15 is 0 Å². The smallest absolute Gasteiger partial charge is 0.251 e. The molecule has 1 atom stereocenters. The summed E-state index contributed by atoms with van der Waals surface area (Å²) in [5.74, 6) is 0.277. The largest absolute Gasteiger partial charge is 0.491 e. The minimum absolute atomic E-state index is 0.0163. The molecule has 1 unspecified atom stereocenters. The molecular weight excluding hydrogens is 368 g/mol. The summed E-state index contributed by atoms with van der Waals surface area (Å²) in [6, 6.07) is 13.1. The molecule has 0 saturated carbocycles. The molecule has 0 aliphatic heterocycles. The fourth-order valence-electron chi connectivity index (χ4n) is 2.26. The maximum atomic E-state index is 12.1. The summed E-state index contributed by atoms with van der Waals surface area (Å²) >= 11 is 0. The highest BCUT2D eigenvalue weighted by Crippen LogP contribution is 2.16. The Hall–Kier alpha value is -2.42. The molecule has 2 aromatic carbocycles. The van der Waals surface area contributed by atoms with Gasteiger partial charge in [-0.2, -0.15) is 0 Å². The van der Waals surface area contributed by atoms with E-state index < -0.39 is 22.0 Å². The van der Waals surface area contributed by atoms with Gasteiger partial charge in [0.05, 0.1) is 4.90 Å². The topological polar surface area (TPSA) is 95.9 Å². The molecule has 0 radical (unpaired) electrons. The zero-order valence-corrected chi connectivity index (χ0v) is 16.4. The van der Waals surface area contributed by atoms with Crippen LogP contribution in [0.3, 0.4) is 0 Å². The van der Waals surface area contributed by atoms with Crippen LogP contribution in [-0.4, -0.2) is 57.1 Å². The van der Waals surface area contributed by atoms with E-state index in [-0.39, 0.29) is 18.0 Å². The van der Waals surface area contributed by atoms with Gasteiger partial charge in [0.25, 0.3) is 5.91 Å². The second-order valence-corrected chi connectivity index (χ2v) is 8.40. The number of nitrogens with zero attached hydrogens (tertiary/aromatic N) is 1. The van der Waals surface area contributed by atoms with E-state index in [4.69, 9.17) is 4.74 Å². The third-order valence-electron chi connectivity index (χ3n) is 3.92. The zero-order valence-electron chi connectivity index (χ0n) is 15.5. The van der Waals surface area contributed by atoms with Crippen LogP contribution in [-0.2, 0) is 10.0 Å². The standard InChI is InChI=1S/C19H24N2O5S/c1-14-6-4-5-7-18(14)26-13-16(22)12-20-19(23)15-8-10-17(11-9-15)27(24,25)21(2)3/h4-11,16,22H,12-13H2,1-3H3,(H,20,23). The highest BCUT2D eigenvalue weighted by Gasteiger charge is 2.17. The van der Waals surface area contributed by atoms with Crippen molar-refractivity contribution in [1.82, 2.24) is 9.62 Å². The van der Waals surface area contributed by atoms with Gasteiger partial charge in [0.2, 0.25) is 10.0 Å². The molecule has 0 aliphatic rings. The summed E-state index contributed by atoms with van der Waals surface area (Å²) in [5, 5.41) is 12.6. The predicted molar refractivity (Wildman–Crippen MR) is 102 cm³/mol. The number of hydrogen-bond donors (Lipinski definition) is 2. The summed E-state index contributed by atoms with van der Waals surface area (Å²) in [6.45, 7) is 1.97. The van der Waals surface area contributed by atoms with Crippen LogP contribution in [0.1, 0.15) is 15.9 Å². The SMILES string of the molecule is Cc1ccccc1OCC(O)CNC(=O)c1ccc(S(=O)(=O)N(C)C)cc1. The molecule has 2 rings (SSSR count). The van der Waals surface area contributed by atoms with Crippen molar-refractivity contribution >= 4 is 15.9 Å². The van der Waals surface area contributed by atoms with Crippen molar-refractivity contribution in [2.24, 2.45) is 0 Å². The lowest BCUT2D eigenvalue weighted by Crippen LogP contribution is -2.35. The lowest BCUT2D eigenvalue weighted by Gasteiger charge is -2.15. The van der Waals surface area contributed by atoms with Crippen molar-refractivity contribution in [2.45, 2.75) is 17.9 Å². The van der Waals surface area contributed by atoms with Gasteiger partial charge in [-0.1, -0.05) is 18.2 Å². The molecule has 2 N–H and O–H groups in total. The number of aliphatic hydroxyl groups is 1. The van der Waals surface area contributed by atoms with Gasteiger partial charge in [0.1, 0.15) is 18.5 Å². The average Bonchev–Trinajstić information content (AvgIpc) is 2.65. The van der Waals surface area contributed by atoms with Crippen LogP contribution >= 0.6 is 0 Å². The Kier molecular flexibility index (Phi) is 6.95. The summed E-state index contributed by atoms with van der Waals surface area (Å²) in [5.41, 5.74) is 1.27. The third kappa shape index (κ3) is 5.53. The van der Waals surface area contributed by atoms with Crippen molar-refractivity contribution in [3.8, 4) is 5.75 Å². The molecule has 0 aliphatic carbocycles. The molecule has 0 fully saturated rings. The van der Waals surface area contributed by atoms with Crippen LogP contribution in [0.15, 0.2) is 53.4 Å². The first kappa shape index (κ1) is 20.9. The molecule has 0 spiro atoms. The normalized spacial score (nSPS) is 12.6. The maximum Gasteiger partial charge on any atom is 0.251 e. The zero-order chi connectivity index (χ0) is 20.0. The Labute approximate surface area is 159 Å². The van der Waals surface area contributed by atoms with Crippen molar-refractivity contribution in [3.63, 3.8) is 0 Å². The summed E-state index contributed by atoms with van der Waals surface area (Å²) in [4.78, 5) is 12.3. The number of benzene rings is 2. The first-order chi connectivity index (χ1) is 12.7. The van der Waals surface area contributed by atoms with E-state index in [0.29, 0.717) is 11.3 Å². The summed E-state index contributed by atoms with van der Waals surface area (Å²) in [6.07, 6.45) is -0.873. The number of ether oxygens (including phenoxy) is 1. The van der Waals surface area contributed by atoms with Crippen molar-refractivity contribution in [2.75, 3.05) is 27.2 Å². The minimum atomic E-state index is -3.54. The minimum Gasteiger partial charge on any atom is -0.491 e. The number of sulfonamides is 1. The average molecular weight is 392 g/mol. The molecule has 0 aromatic heterocycles. The van der Waals surface area contributed by atoms with E-state index in [2.05, 4.69) is 5.32 Å². The van der Waals surface area contributed by atoms with Gasteiger partial charge < -0.3 is 15.2 Å². The van der Waals surface area contributed by atoms with Gasteiger partial charge in [-0.05, 0) is 42.8 Å². The lowest BCUT2D eigenvalue weighted by atomic mass is 10.2. The highest BCUT2D eigenvalue weighted by atomic mass is 32.2. The maximum absolute atomic E-state index is 12.1. The van der Waals surface area contributed by atoms with Crippen molar-refractivity contribution < 1.29 is 23.1 Å². The number of amides is 1. The van der Waals surface area contributed by atoms with E-state index in [1.807, 2.05) is 31.2 Å². The number of para-hydroxylation sites is 1. The Morgan fingerprint density at radius 1 is 1.15 bits per heavy atom. The van der Waals surface area contributed by atoms with Gasteiger partial charge >= 0.3 is 0 Å². The molecule has 27 heavy (non-hydrogen) atoms. The van der Waals surface area contributed by atoms with Crippen LogP contribution in [0.5, 0.6) is 5.75 Å². The first-order valence-corrected chi connectivity index (χ1v) is 9.83. The first-order valence-electron chi connectivity index (χ1n) is 8.39. The number of aryl methyl sites for hydroxylation is 1. The molecule has 1 amide bonds. The second kappa shape index (κ2) is 8.98. The monoisotopic (exact) mass is 392 g/mol. The van der Waals surface area contributed by atoms with Gasteiger partial charge in [0.15, 0.2) is 0 Å². The summed E-state index contributed by atoms with van der Waals surface area (Å²) < 4.78 is 30.7. The fourth-order valence-corrected chi connectivity index (χ4v) is 3.17. The highest BCUT2D eigenvalue weighted by molar-refractivity contribution is 7.89. The van der Waals surface area contributed by atoms with Crippen LogP contribution in [0.4, 0.5) is 0 Å². The van der Waals surface area contributed by atoms with Gasteiger partial charge in [-0.15, -0.1) is 0 Å². The van der Waals surface area contributed by atoms with Gasteiger partial charge in [-0.25, -0.2) is 12.7 Å². The predicted octanol–water partition coefficient (Wildman–Crippen LogP) is 1.42. The van der Waals surface area contributed by atoms with Crippen LogP contribution in [0.25, 0.3) is 0 Å². The third-order valence-corrected chi connectivity index (χ3v) is 5.75. The fraction of sp³-hybridized carbons (Fsp3) is 0.316. The number of carbonyl (C=O) groups is 1. The molecule has 7 nitrogen and oxygen atoms in total. The Morgan fingerprint density at radius 3 is 2.37 bits per heavy atom. The van der Waals surface area contributed by atoms with E-state index in [1.54, 1.807) is 0 Å². The molecule has 8 heteroatoms. The molecule has 0 bridgehead atoms.